The molecular weight excluding hydrogens is 432 g/mol. The number of rotatable bonds is 6. The van der Waals surface area contributed by atoms with Gasteiger partial charge in [-0.2, -0.15) is 0 Å². The lowest BCUT2D eigenvalue weighted by Gasteiger charge is -2.21. The Bertz CT molecular complexity index is 1180. The molecule has 0 unspecified atom stereocenters. The van der Waals surface area contributed by atoms with E-state index >= 15 is 0 Å². The largest absolute Gasteiger partial charge is 0.508 e. The third kappa shape index (κ3) is 5.16. The van der Waals surface area contributed by atoms with Crippen molar-refractivity contribution in [3.05, 3.63) is 48.5 Å². The molecule has 0 bridgehead atoms. The first kappa shape index (κ1) is 23.4. The van der Waals surface area contributed by atoms with Gasteiger partial charge in [-0.05, 0) is 42.3 Å². The maximum Gasteiger partial charge on any atom is 0.313 e. The summed E-state index contributed by atoms with van der Waals surface area (Å²) in [5, 5.41) is 51.0. The Kier molecular flexibility index (Phi) is 6.74. The molecule has 0 heterocycles. The van der Waals surface area contributed by atoms with Gasteiger partial charge in [0, 0.05) is 6.92 Å². The molecule has 33 heavy (non-hydrogen) atoms. The second-order valence-corrected chi connectivity index (χ2v) is 7.32. The molecule has 9 nitrogen and oxygen atoms in total. The molecule has 0 fully saturated rings. The number of aromatic hydroxyl groups is 4. The van der Waals surface area contributed by atoms with Crippen molar-refractivity contribution in [3.8, 4) is 56.8 Å². The van der Waals surface area contributed by atoms with Crippen LogP contribution in [0.1, 0.15) is 20.3 Å². The van der Waals surface area contributed by atoms with Gasteiger partial charge in [-0.1, -0.05) is 24.3 Å². The molecule has 3 aromatic carbocycles. The molecule has 3 aromatic rings. The van der Waals surface area contributed by atoms with Gasteiger partial charge in [0.15, 0.2) is 23.0 Å². The minimum Gasteiger partial charge on any atom is -0.508 e. The zero-order chi connectivity index (χ0) is 24.3. The maximum atomic E-state index is 12.3. The van der Waals surface area contributed by atoms with Crippen molar-refractivity contribution in [1.82, 2.24) is 0 Å². The van der Waals surface area contributed by atoms with E-state index in [0.717, 1.165) is 6.92 Å². The molecule has 0 amide bonds. The monoisotopic (exact) mass is 454 g/mol. The molecule has 9 heteroatoms. The van der Waals surface area contributed by atoms with Gasteiger partial charge in [-0.3, -0.25) is 9.59 Å². The number of carbonyl (C=O) groups excluding carboxylic acids is 2. The van der Waals surface area contributed by atoms with Crippen molar-refractivity contribution >= 4 is 11.9 Å². The van der Waals surface area contributed by atoms with Gasteiger partial charge in [0.05, 0.1) is 23.7 Å². The summed E-state index contributed by atoms with van der Waals surface area (Å²) in [6.45, 7) is 2.49. The average molecular weight is 454 g/mol. The Balaban J connectivity index is 2.36. The van der Waals surface area contributed by atoms with Crippen LogP contribution in [0, 0.1) is 0 Å². The van der Waals surface area contributed by atoms with Gasteiger partial charge in [0.25, 0.3) is 0 Å². The standard InChI is InChI=1S/C24H22O9/c1-12(25)11-18(29)33-24-20(15-5-9-17(28)10-6-15)21(30)23(32-13(2)26)19(22(24)31)14-3-7-16(27)8-4-14/h3-10,12,25,27-28,30-31H,11H2,1-2H3/t12-/m1/s1. The van der Waals surface area contributed by atoms with Crippen LogP contribution in [0.2, 0.25) is 0 Å². The number of benzene rings is 3. The highest BCUT2D eigenvalue weighted by Gasteiger charge is 2.30. The molecule has 0 aliphatic carbocycles. The Morgan fingerprint density at radius 3 is 1.52 bits per heavy atom. The van der Waals surface area contributed by atoms with Gasteiger partial charge < -0.3 is 35.0 Å². The van der Waals surface area contributed by atoms with Crippen LogP contribution in [0.3, 0.4) is 0 Å². The lowest BCUT2D eigenvalue weighted by atomic mass is 9.95. The molecular formula is C24H22O9. The highest BCUT2D eigenvalue weighted by Crippen LogP contribution is 2.56. The van der Waals surface area contributed by atoms with Crippen LogP contribution in [-0.4, -0.2) is 43.6 Å². The number of aliphatic hydroxyl groups is 1. The second-order valence-electron chi connectivity index (χ2n) is 7.32. The molecule has 1 atom stereocenters. The third-order valence-corrected chi connectivity index (χ3v) is 4.59. The fraction of sp³-hybridized carbons (Fsp3) is 0.167. The number of hydrogen-bond donors (Lipinski definition) is 5. The van der Waals surface area contributed by atoms with Gasteiger partial charge in [0.1, 0.15) is 11.5 Å². The molecule has 0 radical (unpaired) electrons. The first-order valence-electron chi connectivity index (χ1n) is 9.86. The van der Waals surface area contributed by atoms with Crippen LogP contribution in [0.5, 0.6) is 34.5 Å². The summed E-state index contributed by atoms with van der Waals surface area (Å²) >= 11 is 0. The smallest absolute Gasteiger partial charge is 0.313 e. The van der Waals surface area contributed by atoms with E-state index in [1.54, 1.807) is 0 Å². The average Bonchev–Trinajstić information content (AvgIpc) is 2.73. The number of carbonyl (C=O) groups is 2. The Hall–Kier alpha value is -4.24. The summed E-state index contributed by atoms with van der Waals surface area (Å²) in [4.78, 5) is 24.1. The number of hydrogen-bond acceptors (Lipinski definition) is 9. The molecule has 0 saturated carbocycles. The van der Waals surface area contributed by atoms with Gasteiger partial charge in [0.2, 0.25) is 0 Å². The van der Waals surface area contributed by atoms with Crippen molar-refractivity contribution in [2.75, 3.05) is 0 Å². The summed E-state index contributed by atoms with van der Waals surface area (Å²) in [6, 6.07) is 10.9. The fourth-order valence-corrected chi connectivity index (χ4v) is 3.21. The minimum absolute atomic E-state index is 0.0687. The van der Waals surface area contributed by atoms with E-state index in [1.807, 2.05) is 0 Å². The lowest BCUT2D eigenvalue weighted by Crippen LogP contribution is -2.16. The molecule has 3 rings (SSSR count). The van der Waals surface area contributed by atoms with E-state index in [1.165, 1.54) is 55.5 Å². The van der Waals surface area contributed by atoms with Crippen LogP contribution >= 0.6 is 0 Å². The number of aliphatic hydroxyl groups excluding tert-OH is 1. The van der Waals surface area contributed by atoms with Crippen molar-refractivity contribution in [3.63, 3.8) is 0 Å². The molecule has 0 saturated heterocycles. The molecule has 0 aliphatic heterocycles. The third-order valence-electron chi connectivity index (χ3n) is 4.59. The van der Waals surface area contributed by atoms with E-state index in [0.29, 0.717) is 0 Å². The van der Waals surface area contributed by atoms with Gasteiger partial charge >= 0.3 is 11.9 Å². The van der Waals surface area contributed by atoms with E-state index in [2.05, 4.69) is 0 Å². The van der Waals surface area contributed by atoms with Crippen molar-refractivity contribution in [1.29, 1.82) is 0 Å². The Morgan fingerprint density at radius 1 is 0.758 bits per heavy atom. The normalized spacial score (nSPS) is 11.6. The zero-order valence-electron chi connectivity index (χ0n) is 17.8. The summed E-state index contributed by atoms with van der Waals surface area (Å²) in [5.74, 6) is -3.91. The van der Waals surface area contributed by atoms with E-state index in [4.69, 9.17) is 9.47 Å². The quantitative estimate of drug-likeness (QED) is 0.214. The first-order valence-corrected chi connectivity index (χ1v) is 9.86. The summed E-state index contributed by atoms with van der Waals surface area (Å²) in [7, 11) is 0. The molecule has 0 aromatic heterocycles. The van der Waals surface area contributed by atoms with E-state index in [-0.39, 0.29) is 33.8 Å². The summed E-state index contributed by atoms with van der Waals surface area (Å²) in [5.41, 5.74) is 0.128. The predicted molar refractivity (Wildman–Crippen MR) is 117 cm³/mol. The second kappa shape index (κ2) is 9.49. The fourth-order valence-electron chi connectivity index (χ4n) is 3.21. The molecule has 172 valence electrons. The summed E-state index contributed by atoms with van der Waals surface area (Å²) in [6.07, 6.45) is -1.42. The molecule has 0 spiro atoms. The van der Waals surface area contributed by atoms with Crippen molar-refractivity contribution < 1.29 is 44.6 Å². The minimum atomic E-state index is -1.03. The van der Waals surface area contributed by atoms with Crippen LogP contribution in [0.15, 0.2) is 48.5 Å². The first-order chi connectivity index (χ1) is 15.6. The summed E-state index contributed by atoms with van der Waals surface area (Å²) < 4.78 is 10.5. The maximum absolute atomic E-state index is 12.3. The SMILES string of the molecule is CC(=O)Oc1c(O)c(-c2ccc(O)cc2)c(OC(=O)C[C@@H](C)O)c(O)c1-c1ccc(O)cc1. The highest BCUT2D eigenvalue weighted by molar-refractivity contribution is 5.95. The van der Waals surface area contributed by atoms with Crippen LogP contribution in [0.25, 0.3) is 22.3 Å². The van der Waals surface area contributed by atoms with Gasteiger partial charge in [-0.15, -0.1) is 0 Å². The number of phenolic OH excluding ortho intramolecular Hbond substituents is 4. The molecule has 0 aliphatic rings. The van der Waals surface area contributed by atoms with Crippen LogP contribution in [0.4, 0.5) is 0 Å². The van der Waals surface area contributed by atoms with Crippen molar-refractivity contribution in [2.45, 2.75) is 26.4 Å². The van der Waals surface area contributed by atoms with Crippen LogP contribution < -0.4 is 9.47 Å². The van der Waals surface area contributed by atoms with E-state index in [9.17, 15) is 35.1 Å². The molecule has 5 N–H and O–H groups in total. The van der Waals surface area contributed by atoms with Crippen LogP contribution in [-0.2, 0) is 9.59 Å². The number of ether oxygens (including phenoxy) is 2. The lowest BCUT2D eigenvalue weighted by molar-refractivity contribution is -0.136. The highest BCUT2D eigenvalue weighted by atomic mass is 16.6. The van der Waals surface area contributed by atoms with E-state index < -0.39 is 47.5 Å². The zero-order valence-corrected chi connectivity index (χ0v) is 17.8. The Morgan fingerprint density at radius 2 is 1.15 bits per heavy atom. The Labute approximate surface area is 188 Å². The predicted octanol–water partition coefficient (Wildman–Crippen LogP) is 3.44. The topological polar surface area (TPSA) is 154 Å². The number of phenols is 4. The number of esters is 2. The van der Waals surface area contributed by atoms with Crippen molar-refractivity contribution in [2.24, 2.45) is 0 Å². The van der Waals surface area contributed by atoms with Gasteiger partial charge in [-0.25, -0.2) is 0 Å².